The first-order chi connectivity index (χ1) is 10.2. The van der Waals surface area contributed by atoms with Crippen LogP contribution in [0.4, 0.5) is 0 Å². The van der Waals surface area contributed by atoms with Gasteiger partial charge in [0.05, 0.1) is 11.2 Å². The molecule has 2 N–H and O–H groups in total. The van der Waals surface area contributed by atoms with E-state index in [1.54, 1.807) is 0 Å². The van der Waals surface area contributed by atoms with Gasteiger partial charge in [0, 0.05) is 12.8 Å². The zero-order chi connectivity index (χ0) is 16.4. The van der Waals surface area contributed by atoms with E-state index in [9.17, 15) is 10.2 Å². The molecule has 0 atom stereocenters. The molecule has 0 unspecified atom stereocenters. The molecule has 0 aromatic heterocycles. The molecule has 2 aromatic rings. The Morgan fingerprint density at radius 1 is 0.636 bits per heavy atom. The molecule has 0 aliphatic rings. The Morgan fingerprint density at radius 3 is 1.27 bits per heavy atom. The molecule has 22 heavy (non-hydrogen) atoms. The van der Waals surface area contributed by atoms with Crippen LogP contribution < -0.4 is 0 Å². The molecule has 2 heteroatoms. The van der Waals surface area contributed by atoms with Gasteiger partial charge >= 0.3 is 0 Å². The number of hydrogen-bond donors (Lipinski definition) is 2. The predicted octanol–water partition coefficient (Wildman–Crippen LogP) is 3.98. The van der Waals surface area contributed by atoms with Crippen LogP contribution >= 0.6 is 0 Å². The van der Waals surface area contributed by atoms with Gasteiger partial charge in [-0.15, -0.1) is 0 Å². The van der Waals surface area contributed by atoms with E-state index in [-0.39, 0.29) is 0 Å². The Bertz CT molecular complexity index is 573. The SMILES string of the molecule is CC(C)(O)Cc1ccccc1-c1ccccc1CC(C)(C)O. The quantitative estimate of drug-likeness (QED) is 0.876. The Labute approximate surface area is 133 Å². The maximum Gasteiger partial charge on any atom is 0.0632 e. The highest BCUT2D eigenvalue weighted by molar-refractivity contribution is 5.71. The van der Waals surface area contributed by atoms with Gasteiger partial charge in [0.2, 0.25) is 0 Å². The molecule has 2 aromatic carbocycles. The Balaban J connectivity index is 2.49. The molecule has 2 nitrogen and oxygen atoms in total. The first kappa shape index (κ1) is 16.7. The molecular weight excluding hydrogens is 272 g/mol. The van der Waals surface area contributed by atoms with Gasteiger partial charge in [-0.3, -0.25) is 0 Å². The average molecular weight is 298 g/mol. The molecule has 0 aliphatic carbocycles. The van der Waals surface area contributed by atoms with Crippen LogP contribution in [0.15, 0.2) is 48.5 Å². The monoisotopic (exact) mass is 298 g/mol. The fraction of sp³-hybridized carbons (Fsp3) is 0.400. The summed E-state index contributed by atoms with van der Waals surface area (Å²) in [5.41, 5.74) is 3.01. The molecular formula is C20H26O2. The van der Waals surface area contributed by atoms with Gasteiger partial charge in [-0.2, -0.15) is 0 Å². The molecule has 2 rings (SSSR count). The minimum absolute atomic E-state index is 0.597. The second-order valence-corrected chi connectivity index (χ2v) is 7.29. The van der Waals surface area contributed by atoms with Crippen LogP contribution in [0.5, 0.6) is 0 Å². The van der Waals surface area contributed by atoms with Crippen LogP contribution in [0.3, 0.4) is 0 Å². The third-order valence-corrected chi connectivity index (χ3v) is 3.57. The first-order valence-electron chi connectivity index (χ1n) is 7.77. The Hall–Kier alpha value is -1.64. The van der Waals surface area contributed by atoms with Gasteiger partial charge in [0.1, 0.15) is 0 Å². The van der Waals surface area contributed by atoms with E-state index in [1.165, 1.54) is 0 Å². The molecule has 0 saturated carbocycles. The van der Waals surface area contributed by atoms with Crippen molar-refractivity contribution in [3.8, 4) is 11.1 Å². The maximum absolute atomic E-state index is 10.2. The summed E-state index contributed by atoms with van der Waals surface area (Å²) in [6.45, 7) is 7.30. The van der Waals surface area contributed by atoms with E-state index in [0.29, 0.717) is 12.8 Å². The second-order valence-electron chi connectivity index (χ2n) is 7.29. The maximum atomic E-state index is 10.2. The van der Waals surface area contributed by atoms with Gasteiger partial charge in [0.15, 0.2) is 0 Å². The summed E-state index contributed by atoms with van der Waals surface area (Å²) in [6, 6.07) is 16.3. The van der Waals surface area contributed by atoms with Crippen LogP contribution in [0.25, 0.3) is 11.1 Å². The number of rotatable bonds is 5. The summed E-state index contributed by atoms with van der Waals surface area (Å²) in [5.74, 6) is 0. The lowest BCUT2D eigenvalue weighted by Crippen LogP contribution is -2.23. The minimum atomic E-state index is -0.749. The molecule has 0 amide bonds. The molecule has 0 saturated heterocycles. The van der Waals surface area contributed by atoms with Crippen LogP contribution in [0, 0.1) is 0 Å². The normalized spacial score (nSPS) is 12.5. The standard InChI is InChI=1S/C20H26O2/c1-19(2,21)13-15-9-5-7-11-17(15)18-12-8-6-10-16(18)14-20(3,4)22/h5-12,21-22H,13-14H2,1-4H3. The summed E-state index contributed by atoms with van der Waals surface area (Å²) in [4.78, 5) is 0. The van der Waals surface area contributed by atoms with E-state index in [1.807, 2.05) is 52.0 Å². The lowest BCUT2D eigenvalue weighted by atomic mass is 9.87. The van der Waals surface area contributed by atoms with Crippen molar-refractivity contribution in [3.63, 3.8) is 0 Å². The molecule has 0 aliphatic heterocycles. The van der Waals surface area contributed by atoms with Crippen molar-refractivity contribution in [2.45, 2.75) is 51.7 Å². The van der Waals surface area contributed by atoms with Crippen molar-refractivity contribution in [2.75, 3.05) is 0 Å². The lowest BCUT2D eigenvalue weighted by Gasteiger charge is -2.23. The molecule has 0 heterocycles. The fourth-order valence-electron chi connectivity index (χ4n) is 2.81. The highest BCUT2D eigenvalue weighted by Gasteiger charge is 2.20. The summed E-state index contributed by atoms with van der Waals surface area (Å²) in [7, 11) is 0. The van der Waals surface area contributed by atoms with Crippen molar-refractivity contribution >= 4 is 0 Å². The molecule has 0 radical (unpaired) electrons. The fourth-order valence-corrected chi connectivity index (χ4v) is 2.81. The van der Waals surface area contributed by atoms with E-state index in [2.05, 4.69) is 24.3 Å². The highest BCUT2D eigenvalue weighted by Crippen LogP contribution is 2.31. The van der Waals surface area contributed by atoms with E-state index in [4.69, 9.17) is 0 Å². The number of aliphatic hydroxyl groups is 2. The van der Waals surface area contributed by atoms with Crippen molar-refractivity contribution in [1.82, 2.24) is 0 Å². The van der Waals surface area contributed by atoms with Crippen molar-refractivity contribution in [3.05, 3.63) is 59.7 Å². The molecule has 0 bridgehead atoms. The van der Waals surface area contributed by atoms with Crippen LogP contribution in [-0.4, -0.2) is 21.4 Å². The third-order valence-electron chi connectivity index (χ3n) is 3.57. The van der Waals surface area contributed by atoms with E-state index >= 15 is 0 Å². The van der Waals surface area contributed by atoms with E-state index < -0.39 is 11.2 Å². The topological polar surface area (TPSA) is 40.5 Å². The summed E-state index contributed by atoms with van der Waals surface area (Å²) in [6.07, 6.45) is 1.19. The van der Waals surface area contributed by atoms with Gasteiger partial charge in [-0.05, 0) is 49.9 Å². The summed E-state index contributed by atoms with van der Waals surface area (Å²) in [5, 5.41) is 20.3. The minimum Gasteiger partial charge on any atom is -0.390 e. The predicted molar refractivity (Wildman–Crippen MR) is 91.9 cm³/mol. The average Bonchev–Trinajstić information content (AvgIpc) is 2.36. The smallest absolute Gasteiger partial charge is 0.0632 e. The number of hydrogen-bond acceptors (Lipinski definition) is 2. The van der Waals surface area contributed by atoms with Crippen molar-refractivity contribution in [2.24, 2.45) is 0 Å². The van der Waals surface area contributed by atoms with Crippen molar-refractivity contribution in [1.29, 1.82) is 0 Å². The summed E-state index contributed by atoms with van der Waals surface area (Å²) < 4.78 is 0. The Morgan fingerprint density at radius 2 is 0.955 bits per heavy atom. The molecule has 0 fully saturated rings. The summed E-state index contributed by atoms with van der Waals surface area (Å²) >= 11 is 0. The third kappa shape index (κ3) is 4.69. The van der Waals surface area contributed by atoms with Gasteiger partial charge in [0.25, 0.3) is 0 Å². The van der Waals surface area contributed by atoms with Crippen molar-refractivity contribution < 1.29 is 10.2 Å². The zero-order valence-electron chi connectivity index (χ0n) is 13.9. The van der Waals surface area contributed by atoms with Gasteiger partial charge in [-0.25, -0.2) is 0 Å². The Kier molecular flexibility index (Phi) is 4.74. The molecule has 0 spiro atoms. The molecule has 118 valence electrons. The van der Waals surface area contributed by atoms with Gasteiger partial charge in [-0.1, -0.05) is 48.5 Å². The largest absolute Gasteiger partial charge is 0.390 e. The number of benzene rings is 2. The van der Waals surface area contributed by atoms with Crippen LogP contribution in [-0.2, 0) is 12.8 Å². The van der Waals surface area contributed by atoms with Crippen LogP contribution in [0.1, 0.15) is 38.8 Å². The zero-order valence-corrected chi connectivity index (χ0v) is 13.9. The second kappa shape index (κ2) is 6.23. The van der Waals surface area contributed by atoms with Gasteiger partial charge < -0.3 is 10.2 Å². The van der Waals surface area contributed by atoms with Crippen LogP contribution in [0.2, 0.25) is 0 Å². The lowest BCUT2D eigenvalue weighted by molar-refractivity contribution is 0.0800. The van der Waals surface area contributed by atoms with E-state index in [0.717, 1.165) is 22.3 Å². The first-order valence-corrected chi connectivity index (χ1v) is 7.77. The highest BCUT2D eigenvalue weighted by atomic mass is 16.3.